The standard InChI is InChI=1S/C25H17F3N2O5/c1-33-18-9-7-16(8-10-18)24(32)19(12-14-2-5-17(6-3-14)25(26,27)28)22(23(31)34-24)15-4-11-20-21(13-15)30-35-29-20/h2-11,13,32H,12H2,1H3. The van der Waals surface area contributed by atoms with Crippen LogP contribution in [-0.4, -0.2) is 28.5 Å². The molecule has 1 aliphatic heterocycles. The number of fused-ring (bicyclic) bond motifs is 1. The number of aliphatic hydroxyl groups is 1. The first-order chi connectivity index (χ1) is 16.7. The van der Waals surface area contributed by atoms with Crippen LogP contribution in [0.25, 0.3) is 16.6 Å². The molecular formula is C25H17F3N2O5. The number of aromatic nitrogens is 2. The summed E-state index contributed by atoms with van der Waals surface area (Å²) in [7, 11) is 1.49. The molecule has 1 aliphatic rings. The highest BCUT2D eigenvalue weighted by Gasteiger charge is 2.48. The predicted molar refractivity (Wildman–Crippen MR) is 117 cm³/mol. The van der Waals surface area contributed by atoms with Gasteiger partial charge in [0.15, 0.2) is 0 Å². The molecule has 5 rings (SSSR count). The monoisotopic (exact) mass is 482 g/mol. The van der Waals surface area contributed by atoms with E-state index in [9.17, 15) is 23.1 Å². The van der Waals surface area contributed by atoms with E-state index < -0.39 is 23.5 Å². The number of rotatable bonds is 5. The molecule has 4 aromatic rings. The van der Waals surface area contributed by atoms with Crippen LogP contribution in [0, 0.1) is 0 Å². The summed E-state index contributed by atoms with van der Waals surface area (Å²) in [6, 6.07) is 15.6. The summed E-state index contributed by atoms with van der Waals surface area (Å²) in [6.07, 6.45) is -4.54. The molecule has 0 amide bonds. The Morgan fingerprint density at radius 2 is 1.66 bits per heavy atom. The quantitative estimate of drug-likeness (QED) is 0.414. The Bertz CT molecular complexity index is 1440. The number of hydrogen-bond donors (Lipinski definition) is 1. The number of carbonyl (C=O) groups is 1. The molecule has 1 atom stereocenters. The molecule has 0 spiro atoms. The van der Waals surface area contributed by atoms with Gasteiger partial charge in [0.2, 0.25) is 0 Å². The summed E-state index contributed by atoms with van der Waals surface area (Å²) < 4.78 is 54.4. The number of hydrogen-bond acceptors (Lipinski definition) is 7. The van der Waals surface area contributed by atoms with E-state index in [1.165, 1.54) is 19.2 Å². The molecule has 1 unspecified atom stereocenters. The highest BCUT2D eigenvalue weighted by molar-refractivity contribution is 6.20. The van der Waals surface area contributed by atoms with E-state index in [1.54, 1.807) is 42.5 Å². The van der Waals surface area contributed by atoms with Gasteiger partial charge in [-0.2, -0.15) is 13.2 Å². The second kappa shape index (κ2) is 8.24. The van der Waals surface area contributed by atoms with Gasteiger partial charge in [-0.25, -0.2) is 9.42 Å². The van der Waals surface area contributed by atoms with E-state index in [0.717, 1.165) is 12.1 Å². The molecule has 0 aliphatic carbocycles. The number of esters is 1. The summed E-state index contributed by atoms with van der Waals surface area (Å²) in [4.78, 5) is 13.1. The lowest BCUT2D eigenvalue weighted by atomic mass is 9.88. The Kier molecular flexibility index (Phi) is 5.32. The average molecular weight is 482 g/mol. The summed E-state index contributed by atoms with van der Waals surface area (Å²) >= 11 is 0. The molecule has 10 heteroatoms. The van der Waals surface area contributed by atoms with Gasteiger partial charge in [-0.3, -0.25) is 0 Å². The van der Waals surface area contributed by atoms with Crippen molar-refractivity contribution in [1.82, 2.24) is 10.3 Å². The number of methoxy groups -OCH3 is 1. The molecule has 0 fully saturated rings. The molecular weight excluding hydrogens is 465 g/mol. The molecule has 35 heavy (non-hydrogen) atoms. The molecule has 1 aromatic heterocycles. The van der Waals surface area contributed by atoms with Crippen LogP contribution in [0.3, 0.4) is 0 Å². The molecule has 0 saturated heterocycles. The second-order valence-electron chi connectivity index (χ2n) is 7.95. The number of alkyl halides is 3. The van der Waals surface area contributed by atoms with E-state index >= 15 is 0 Å². The maximum Gasteiger partial charge on any atom is 0.416 e. The lowest BCUT2D eigenvalue weighted by molar-refractivity contribution is -0.185. The first-order valence-corrected chi connectivity index (χ1v) is 10.4. The van der Waals surface area contributed by atoms with Crippen LogP contribution in [0.5, 0.6) is 5.75 Å². The minimum atomic E-state index is -4.49. The van der Waals surface area contributed by atoms with E-state index in [-0.39, 0.29) is 23.1 Å². The lowest BCUT2D eigenvalue weighted by Gasteiger charge is -2.26. The van der Waals surface area contributed by atoms with Gasteiger partial charge < -0.3 is 14.6 Å². The zero-order chi connectivity index (χ0) is 24.8. The first kappa shape index (κ1) is 22.6. The summed E-state index contributed by atoms with van der Waals surface area (Å²) in [6.45, 7) is 0. The molecule has 1 N–H and O–H groups in total. The van der Waals surface area contributed by atoms with Crippen LogP contribution < -0.4 is 4.74 Å². The summed E-state index contributed by atoms with van der Waals surface area (Å²) in [5.41, 5.74) is 1.39. The third-order valence-electron chi connectivity index (χ3n) is 5.84. The maximum atomic E-state index is 13.1. The van der Waals surface area contributed by atoms with E-state index in [2.05, 4.69) is 10.3 Å². The summed E-state index contributed by atoms with van der Waals surface area (Å²) in [5.74, 6) is -2.42. The Morgan fingerprint density at radius 1 is 0.971 bits per heavy atom. The van der Waals surface area contributed by atoms with Gasteiger partial charge in [-0.1, -0.05) is 18.2 Å². The predicted octanol–water partition coefficient (Wildman–Crippen LogP) is 4.65. The zero-order valence-corrected chi connectivity index (χ0v) is 18.2. The average Bonchev–Trinajstić information content (AvgIpc) is 3.40. The molecule has 3 aromatic carbocycles. The highest BCUT2D eigenvalue weighted by Crippen LogP contribution is 2.45. The van der Waals surface area contributed by atoms with Crippen LogP contribution in [0.2, 0.25) is 0 Å². The van der Waals surface area contributed by atoms with Crippen LogP contribution in [0.1, 0.15) is 22.3 Å². The van der Waals surface area contributed by atoms with Crippen LogP contribution in [0.15, 0.2) is 76.9 Å². The van der Waals surface area contributed by atoms with Crippen molar-refractivity contribution in [1.29, 1.82) is 0 Å². The smallest absolute Gasteiger partial charge is 0.416 e. The van der Waals surface area contributed by atoms with E-state index in [4.69, 9.17) is 14.1 Å². The Balaban J connectivity index is 1.65. The molecule has 0 saturated carbocycles. The lowest BCUT2D eigenvalue weighted by Crippen LogP contribution is -2.29. The highest BCUT2D eigenvalue weighted by atomic mass is 19.4. The fourth-order valence-corrected chi connectivity index (χ4v) is 4.04. The Labute approximate surface area is 196 Å². The van der Waals surface area contributed by atoms with Crippen molar-refractivity contribution < 1.29 is 37.2 Å². The minimum absolute atomic E-state index is 0.0587. The maximum absolute atomic E-state index is 13.1. The van der Waals surface area contributed by atoms with Crippen molar-refractivity contribution in [3.63, 3.8) is 0 Å². The SMILES string of the molecule is COc1ccc(C2(O)OC(=O)C(c3ccc4nonc4c3)=C2Cc2ccc(C(F)(F)F)cc2)cc1. The van der Waals surface area contributed by atoms with Gasteiger partial charge in [-0.15, -0.1) is 0 Å². The number of ether oxygens (including phenoxy) is 2. The second-order valence-corrected chi connectivity index (χ2v) is 7.95. The van der Waals surface area contributed by atoms with Crippen molar-refractivity contribution >= 4 is 22.6 Å². The molecule has 7 nitrogen and oxygen atoms in total. The third-order valence-corrected chi connectivity index (χ3v) is 5.84. The van der Waals surface area contributed by atoms with Crippen molar-refractivity contribution in [2.75, 3.05) is 7.11 Å². The van der Waals surface area contributed by atoms with Crippen molar-refractivity contribution in [2.45, 2.75) is 18.4 Å². The van der Waals surface area contributed by atoms with Gasteiger partial charge in [0.1, 0.15) is 16.8 Å². The van der Waals surface area contributed by atoms with E-state index in [1.807, 2.05) is 0 Å². The number of nitrogens with zero attached hydrogens (tertiary/aromatic N) is 2. The normalized spacial score (nSPS) is 18.3. The van der Waals surface area contributed by atoms with E-state index in [0.29, 0.717) is 27.9 Å². The van der Waals surface area contributed by atoms with Crippen molar-refractivity contribution in [3.8, 4) is 5.75 Å². The number of benzene rings is 3. The minimum Gasteiger partial charge on any atom is -0.497 e. The zero-order valence-electron chi connectivity index (χ0n) is 18.2. The number of carbonyl (C=O) groups excluding carboxylic acids is 1. The molecule has 178 valence electrons. The Morgan fingerprint density at radius 3 is 2.31 bits per heavy atom. The molecule has 0 radical (unpaired) electrons. The number of cyclic esters (lactones) is 1. The topological polar surface area (TPSA) is 94.7 Å². The van der Waals surface area contributed by atoms with Gasteiger partial charge in [-0.05, 0) is 70.0 Å². The first-order valence-electron chi connectivity index (χ1n) is 10.4. The largest absolute Gasteiger partial charge is 0.497 e. The van der Waals surface area contributed by atoms with Gasteiger partial charge in [0, 0.05) is 17.6 Å². The summed E-state index contributed by atoms with van der Waals surface area (Å²) in [5, 5.41) is 19.2. The van der Waals surface area contributed by atoms with Crippen molar-refractivity contribution in [3.05, 3.63) is 94.6 Å². The van der Waals surface area contributed by atoms with Gasteiger partial charge >= 0.3 is 12.1 Å². The number of halogens is 3. The van der Waals surface area contributed by atoms with Crippen LogP contribution in [0.4, 0.5) is 13.2 Å². The fourth-order valence-electron chi connectivity index (χ4n) is 4.04. The third kappa shape index (κ3) is 4.01. The van der Waals surface area contributed by atoms with Crippen LogP contribution in [-0.2, 0) is 27.9 Å². The molecule has 0 bridgehead atoms. The van der Waals surface area contributed by atoms with Gasteiger partial charge in [0.05, 0.1) is 18.2 Å². The van der Waals surface area contributed by atoms with Crippen molar-refractivity contribution in [2.24, 2.45) is 0 Å². The Hall–Kier alpha value is -4.18. The fraction of sp³-hybridized carbons (Fsp3) is 0.160. The van der Waals surface area contributed by atoms with Crippen LogP contribution >= 0.6 is 0 Å². The van der Waals surface area contributed by atoms with Gasteiger partial charge in [0.25, 0.3) is 5.79 Å². The molecule has 2 heterocycles.